The molecule has 0 spiro atoms. The van der Waals surface area contributed by atoms with Gasteiger partial charge in [0, 0.05) is 19.6 Å². The summed E-state index contributed by atoms with van der Waals surface area (Å²) in [6, 6.07) is 12.4. The number of anilines is 1. The normalized spacial score (nSPS) is 16.5. The van der Waals surface area contributed by atoms with Crippen molar-refractivity contribution in [3.8, 4) is 5.75 Å². The molecule has 0 bridgehead atoms. The number of hydrogen-bond donors (Lipinski definition) is 1. The Hall–Kier alpha value is -2.60. The van der Waals surface area contributed by atoms with Crippen LogP contribution in [0.25, 0.3) is 10.2 Å². The number of aryl methyl sites for hydroxylation is 2. The van der Waals surface area contributed by atoms with Gasteiger partial charge in [0.05, 0.1) is 22.7 Å². The number of aromatic nitrogens is 1. The van der Waals surface area contributed by atoms with E-state index in [1.807, 2.05) is 24.3 Å². The van der Waals surface area contributed by atoms with Crippen LogP contribution < -0.4 is 15.0 Å². The van der Waals surface area contributed by atoms with Gasteiger partial charge >= 0.3 is 0 Å². The van der Waals surface area contributed by atoms with Gasteiger partial charge in [-0.05, 0) is 68.0 Å². The van der Waals surface area contributed by atoms with E-state index in [2.05, 4.69) is 43.1 Å². The van der Waals surface area contributed by atoms with Gasteiger partial charge in [-0.25, -0.2) is 4.98 Å². The average molecular weight is 438 g/mol. The van der Waals surface area contributed by atoms with E-state index in [4.69, 9.17) is 9.72 Å². The number of amides is 1. The topological polar surface area (TPSA) is 54.5 Å². The zero-order chi connectivity index (χ0) is 21.8. The molecule has 4 rings (SSSR count). The van der Waals surface area contributed by atoms with Gasteiger partial charge in [0.25, 0.3) is 0 Å². The van der Waals surface area contributed by atoms with E-state index >= 15 is 0 Å². The Kier molecular flexibility index (Phi) is 6.76. The largest absolute Gasteiger partial charge is 0.494 e. The molecule has 164 valence electrons. The number of hydrogen-bond acceptors (Lipinski definition) is 5. The van der Waals surface area contributed by atoms with Gasteiger partial charge in [-0.2, -0.15) is 0 Å². The standard InChI is InChI=1S/C25H31N3O2S/c1-4-12-30-21-9-7-19(8-10-21)15-26-24(29)20-6-5-11-28(16-20)25-27-23-18(3)13-17(2)14-22(23)31-25/h7-10,13-14,20H,4-6,11-12,15-16H2,1-3H3,(H,26,29)/t20-/m1/s1. The second kappa shape index (κ2) is 9.69. The van der Waals surface area contributed by atoms with Crippen LogP contribution in [0.2, 0.25) is 0 Å². The van der Waals surface area contributed by atoms with Crippen molar-refractivity contribution in [2.75, 3.05) is 24.6 Å². The van der Waals surface area contributed by atoms with Crippen LogP contribution in [-0.2, 0) is 11.3 Å². The van der Waals surface area contributed by atoms with Gasteiger partial charge < -0.3 is 15.0 Å². The van der Waals surface area contributed by atoms with E-state index in [-0.39, 0.29) is 11.8 Å². The Morgan fingerprint density at radius 3 is 2.84 bits per heavy atom. The van der Waals surface area contributed by atoms with Gasteiger partial charge in [-0.1, -0.05) is 36.5 Å². The van der Waals surface area contributed by atoms with Gasteiger partial charge in [-0.15, -0.1) is 0 Å². The van der Waals surface area contributed by atoms with E-state index in [1.54, 1.807) is 11.3 Å². The molecule has 1 N–H and O–H groups in total. The van der Waals surface area contributed by atoms with Crippen molar-refractivity contribution >= 4 is 32.6 Å². The van der Waals surface area contributed by atoms with Crippen LogP contribution >= 0.6 is 11.3 Å². The molecule has 1 aliphatic heterocycles. The summed E-state index contributed by atoms with van der Waals surface area (Å²) in [5.41, 5.74) is 4.65. The van der Waals surface area contributed by atoms with Gasteiger partial charge in [-0.3, -0.25) is 4.79 Å². The zero-order valence-electron chi connectivity index (χ0n) is 18.6. The summed E-state index contributed by atoms with van der Waals surface area (Å²) in [5.74, 6) is 1.00. The number of piperidine rings is 1. The molecule has 0 aliphatic carbocycles. The lowest BCUT2D eigenvalue weighted by Gasteiger charge is -2.31. The molecule has 2 aromatic carbocycles. The fourth-order valence-corrected chi connectivity index (χ4v) is 5.29. The quantitative estimate of drug-likeness (QED) is 0.550. The summed E-state index contributed by atoms with van der Waals surface area (Å²) in [7, 11) is 0. The summed E-state index contributed by atoms with van der Waals surface area (Å²) in [6.45, 7) is 9.29. The van der Waals surface area contributed by atoms with Crippen LogP contribution in [0.4, 0.5) is 5.13 Å². The minimum absolute atomic E-state index is 0.00393. The predicted molar refractivity (Wildman–Crippen MR) is 128 cm³/mol. The number of nitrogens with zero attached hydrogens (tertiary/aromatic N) is 2. The highest BCUT2D eigenvalue weighted by Crippen LogP contribution is 2.33. The van der Waals surface area contributed by atoms with Crippen molar-refractivity contribution < 1.29 is 9.53 Å². The van der Waals surface area contributed by atoms with Crippen LogP contribution in [0.1, 0.15) is 42.9 Å². The molecule has 1 saturated heterocycles. The molecule has 0 unspecified atom stereocenters. The van der Waals surface area contributed by atoms with Crippen molar-refractivity contribution in [3.05, 3.63) is 53.1 Å². The van der Waals surface area contributed by atoms with Crippen LogP contribution in [-0.4, -0.2) is 30.6 Å². The van der Waals surface area contributed by atoms with E-state index in [0.717, 1.165) is 60.9 Å². The number of rotatable bonds is 7. The first-order valence-electron chi connectivity index (χ1n) is 11.2. The molecule has 1 atom stereocenters. The van der Waals surface area contributed by atoms with Gasteiger partial charge in [0.1, 0.15) is 5.75 Å². The second-order valence-electron chi connectivity index (χ2n) is 8.42. The fourth-order valence-electron chi connectivity index (χ4n) is 4.12. The summed E-state index contributed by atoms with van der Waals surface area (Å²) in [6.07, 6.45) is 2.93. The number of thiazole rings is 1. The Balaban J connectivity index is 1.36. The second-order valence-corrected chi connectivity index (χ2v) is 9.43. The van der Waals surface area contributed by atoms with Crippen molar-refractivity contribution in [1.29, 1.82) is 0 Å². The van der Waals surface area contributed by atoms with Crippen LogP contribution in [0.15, 0.2) is 36.4 Å². The van der Waals surface area contributed by atoms with Crippen LogP contribution in [0.5, 0.6) is 5.75 Å². The van der Waals surface area contributed by atoms with Crippen molar-refractivity contribution in [1.82, 2.24) is 10.3 Å². The lowest BCUT2D eigenvalue weighted by atomic mass is 9.97. The molecule has 0 radical (unpaired) electrons. The van der Waals surface area contributed by atoms with E-state index in [0.29, 0.717) is 6.54 Å². The summed E-state index contributed by atoms with van der Waals surface area (Å²) in [5, 5.41) is 4.15. The molecule has 0 saturated carbocycles. The molecule has 5 nitrogen and oxygen atoms in total. The molecule has 1 amide bonds. The third kappa shape index (κ3) is 5.18. The number of benzene rings is 2. The lowest BCUT2D eigenvalue weighted by molar-refractivity contribution is -0.125. The maximum atomic E-state index is 12.8. The van der Waals surface area contributed by atoms with E-state index < -0.39 is 0 Å². The Labute approximate surface area is 188 Å². The molecular formula is C25H31N3O2S. The van der Waals surface area contributed by atoms with Crippen molar-refractivity contribution in [2.24, 2.45) is 5.92 Å². The van der Waals surface area contributed by atoms with Crippen molar-refractivity contribution in [3.63, 3.8) is 0 Å². The first-order valence-corrected chi connectivity index (χ1v) is 12.0. The number of carbonyl (C=O) groups is 1. The first kappa shape index (κ1) is 21.6. The summed E-state index contributed by atoms with van der Waals surface area (Å²) < 4.78 is 6.85. The SMILES string of the molecule is CCCOc1ccc(CNC(=O)[C@@H]2CCCN(c3nc4c(C)cc(C)cc4s3)C2)cc1. The first-order chi connectivity index (χ1) is 15.0. The highest BCUT2D eigenvalue weighted by Gasteiger charge is 2.27. The molecule has 3 aromatic rings. The summed E-state index contributed by atoms with van der Waals surface area (Å²) >= 11 is 1.73. The maximum absolute atomic E-state index is 12.8. The highest BCUT2D eigenvalue weighted by atomic mass is 32.1. The molecule has 1 fully saturated rings. The number of fused-ring (bicyclic) bond motifs is 1. The lowest BCUT2D eigenvalue weighted by Crippen LogP contribution is -2.42. The van der Waals surface area contributed by atoms with Crippen LogP contribution in [0, 0.1) is 19.8 Å². The van der Waals surface area contributed by atoms with E-state index in [1.165, 1.54) is 15.8 Å². The molecule has 1 aromatic heterocycles. The molecule has 31 heavy (non-hydrogen) atoms. The minimum Gasteiger partial charge on any atom is -0.494 e. The molecule has 2 heterocycles. The van der Waals surface area contributed by atoms with Gasteiger partial charge in [0.2, 0.25) is 5.91 Å². The third-order valence-corrected chi connectivity index (χ3v) is 6.81. The Bertz CT molecular complexity index is 1040. The number of ether oxygens (including phenoxy) is 1. The smallest absolute Gasteiger partial charge is 0.225 e. The molecule has 6 heteroatoms. The number of nitrogens with one attached hydrogen (secondary N) is 1. The van der Waals surface area contributed by atoms with Gasteiger partial charge in [0.15, 0.2) is 5.13 Å². The monoisotopic (exact) mass is 437 g/mol. The Morgan fingerprint density at radius 1 is 1.26 bits per heavy atom. The maximum Gasteiger partial charge on any atom is 0.225 e. The summed E-state index contributed by atoms with van der Waals surface area (Å²) in [4.78, 5) is 20.0. The highest BCUT2D eigenvalue weighted by molar-refractivity contribution is 7.22. The Morgan fingerprint density at radius 2 is 2.06 bits per heavy atom. The zero-order valence-corrected chi connectivity index (χ0v) is 19.4. The van der Waals surface area contributed by atoms with Crippen LogP contribution in [0.3, 0.4) is 0 Å². The fraction of sp³-hybridized carbons (Fsp3) is 0.440. The minimum atomic E-state index is -0.00393. The molecule has 1 aliphatic rings. The predicted octanol–water partition coefficient (Wildman–Crippen LogP) is 5.23. The van der Waals surface area contributed by atoms with Crippen molar-refractivity contribution in [2.45, 2.75) is 46.6 Å². The average Bonchev–Trinajstić information content (AvgIpc) is 3.21. The molecular weight excluding hydrogens is 406 g/mol. The third-order valence-electron chi connectivity index (χ3n) is 5.74. The van der Waals surface area contributed by atoms with E-state index in [9.17, 15) is 4.79 Å². The number of carbonyl (C=O) groups excluding carboxylic acids is 1.